The van der Waals surface area contributed by atoms with Crippen LogP contribution in [0.1, 0.15) is 18.1 Å². The quantitative estimate of drug-likeness (QED) is 0.811. The molecule has 0 aromatic heterocycles. The average molecular weight is 372 g/mol. The molecule has 0 saturated carbocycles. The molecule has 1 atom stereocenters. The molecule has 1 aliphatic rings. The summed E-state index contributed by atoms with van der Waals surface area (Å²) in [4.78, 5) is 38.2. The van der Waals surface area contributed by atoms with Crippen LogP contribution >= 0.6 is 11.6 Å². The van der Waals surface area contributed by atoms with Crippen molar-refractivity contribution in [2.24, 2.45) is 0 Å². The van der Waals surface area contributed by atoms with Gasteiger partial charge in [-0.25, -0.2) is 4.79 Å². The van der Waals surface area contributed by atoms with Gasteiger partial charge in [0.1, 0.15) is 12.1 Å². The Morgan fingerprint density at radius 1 is 1.19 bits per heavy atom. The van der Waals surface area contributed by atoms with E-state index in [1.54, 1.807) is 49.4 Å². The standard InChI is InChI=1S/C19H18ClN3O3/c1-12-8-9-14(10-15(12)20)21-16(24)11-23-17(25)19(2,22-18(23)26)13-6-4-3-5-7-13/h3-10H,11H2,1-2H3,(H,21,24)(H,22,26). The number of rotatable bonds is 4. The molecule has 1 saturated heterocycles. The van der Waals surface area contributed by atoms with Crippen molar-refractivity contribution in [2.45, 2.75) is 19.4 Å². The highest BCUT2D eigenvalue weighted by molar-refractivity contribution is 6.31. The molecule has 3 rings (SSSR count). The molecular weight excluding hydrogens is 354 g/mol. The first-order valence-electron chi connectivity index (χ1n) is 8.07. The van der Waals surface area contributed by atoms with E-state index in [2.05, 4.69) is 10.6 Å². The third-order valence-electron chi connectivity index (χ3n) is 4.38. The molecule has 134 valence electrons. The number of hydrogen-bond donors (Lipinski definition) is 2. The third-order valence-corrected chi connectivity index (χ3v) is 4.79. The van der Waals surface area contributed by atoms with Crippen LogP contribution in [0, 0.1) is 6.92 Å². The molecule has 0 radical (unpaired) electrons. The summed E-state index contributed by atoms with van der Waals surface area (Å²) in [6, 6.07) is 13.4. The Bertz CT molecular complexity index is 885. The van der Waals surface area contributed by atoms with Gasteiger partial charge in [0, 0.05) is 10.7 Å². The number of urea groups is 1. The fraction of sp³-hybridized carbons (Fsp3) is 0.211. The van der Waals surface area contributed by atoms with Crippen LogP contribution in [0.3, 0.4) is 0 Å². The van der Waals surface area contributed by atoms with Gasteiger partial charge < -0.3 is 10.6 Å². The van der Waals surface area contributed by atoms with Gasteiger partial charge in [-0.3, -0.25) is 14.5 Å². The second-order valence-corrected chi connectivity index (χ2v) is 6.73. The maximum Gasteiger partial charge on any atom is 0.325 e. The van der Waals surface area contributed by atoms with E-state index < -0.39 is 23.4 Å². The highest BCUT2D eigenvalue weighted by Crippen LogP contribution is 2.28. The van der Waals surface area contributed by atoms with Gasteiger partial charge in [-0.2, -0.15) is 0 Å². The Morgan fingerprint density at radius 3 is 2.54 bits per heavy atom. The molecule has 26 heavy (non-hydrogen) atoms. The Morgan fingerprint density at radius 2 is 1.88 bits per heavy atom. The molecule has 1 aliphatic heterocycles. The molecule has 4 amide bonds. The number of carbonyl (C=O) groups is 3. The maximum absolute atomic E-state index is 12.8. The predicted molar refractivity (Wildman–Crippen MR) is 98.9 cm³/mol. The second kappa shape index (κ2) is 6.80. The van der Waals surface area contributed by atoms with Crippen molar-refractivity contribution in [1.82, 2.24) is 10.2 Å². The van der Waals surface area contributed by atoms with Gasteiger partial charge >= 0.3 is 6.03 Å². The Labute approximate surface area is 156 Å². The number of halogens is 1. The van der Waals surface area contributed by atoms with E-state index in [0.717, 1.165) is 10.5 Å². The van der Waals surface area contributed by atoms with E-state index in [4.69, 9.17) is 11.6 Å². The fourth-order valence-corrected chi connectivity index (χ4v) is 3.00. The van der Waals surface area contributed by atoms with Gasteiger partial charge in [-0.15, -0.1) is 0 Å². The lowest BCUT2D eigenvalue weighted by molar-refractivity contribution is -0.133. The van der Waals surface area contributed by atoms with Crippen LogP contribution in [-0.4, -0.2) is 29.3 Å². The molecule has 2 N–H and O–H groups in total. The minimum Gasteiger partial charge on any atom is -0.324 e. The summed E-state index contributed by atoms with van der Waals surface area (Å²) in [7, 11) is 0. The van der Waals surface area contributed by atoms with Gasteiger partial charge in [-0.05, 0) is 37.1 Å². The summed E-state index contributed by atoms with van der Waals surface area (Å²) < 4.78 is 0. The monoisotopic (exact) mass is 371 g/mol. The van der Waals surface area contributed by atoms with Crippen molar-refractivity contribution >= 4 is 35.1 Å². The molecule has 1 heterocycles. The number of anilines is 1. The van der Waals surface area contributed by atoms with Crippen LogP contribution in [-0.2, 0) is 15.1 Å². The third kappa shape index (κ3) is 3.28. The van der Waals surface area contributed by atoms with Crippen molar-refractivity contribution in [3.05, 3.63) is 64.7 Å². The van der Waals surface area contributed by atoms with E-state index in [0.29, 0.717) is 16.3 Å². The summed E-state index contributed by atoms with van der Waals surface area (Å²) in [5, 5.41) is 5.84. The van der Waals surface area contributed by atoms with Crippen molar-refractivity contribution in [3.8, 4) is 0 Å². The summed E-state index contributed by atoms with van der Waals surface area (Å²) in [6.45, 7) is 3.10. The van der Waals surface area contributed by atoms with E-state index in [1.807, 2.05) is 13.0 Å². The van der Waals surface area contributed by atoms with Crippen LogP contribution in [0.15, 0.2) is 48.5 Å². The first-order chi connectivity index (χ1) is 12.3. The van der Waals surface area contributed by atoms with Crippen LogP contribution in [0.5, 0.6) is 0 Å². The lowest BCUT2D eigenvalue weighted by Crippen LogP contribution is -2.42. The van der Waals surface area contributed by atoms with Crippen LogP contribution in [0.25, 0.3) is 0 Å². The van der Waals surface area contributed by atoms with Gasteiger partial charge in [0.15, 0.2) is 0 Å². The topological polar surface area (TPSA) is 78.5 Å². The summed E-state index contributed by atoms with van der Waals surface area (Å²) >= 11 is 6.04. The van der Waals surface area contributed by atoms with E-state index in [-0.39, 0.29) is 6.54 Å². The minimum absolute atomic E-state index is 0.376. The van der Waals surface area contributed by atoms with Gasteiger partial charge in [0.05, 0.1) is 0 Å². The van der Waals surface area contributed by atoms with Crippen LogP contribution in [0.2, 0.25) is 5.02 Å². The number of amides is 4. The van der Waals surface area contributed by atoms with E-state index in [9.17, 15) is 14.4 Å². The summed E-state index contributed by atoms with van der Waals surface area (Å²) in [5.74, 6) is -0.948. The lowest BCUT2D eigenvalue weighted by Gasteiger charge is -2.22. The highest BCUT2D eigenvalue weighted by atomic mass is 35.5. The van der Waals surface area contributed by atoms with Gasteiger partial charge in [-0.1, -0.05) is 48.0 Å². The normalized spacial score (nSPS) is 19.4. The second-order valence-electron chi connectivity index (χ2n) is 6.32. The maximum atomic E-state index is 12.8. The van der Waals surface area contributed by atoms with Crippen LogP contribution in [0.4, 0.5) is 10.5 Å². The zero-order valence-electron chi connectivity index (χ0n) is 14.4. The predicted octanol–water partition coefficient (Wildman–Crippen LogP) is 3.05. The summed E-state index contributed by atoms with van der Waals surface area (Å²) in [5.41, 5.74) is 0.860. The molecular formula is C19H18ClN3O3. The summed E-state index contributed by atoms with van der Waals surface area (Å²) in [6.07, 6.45) is 0. The molecule has 0 aliphatic carbocycles. The van der Waals surface area contributed by atoms with Crippen molar-refractivity contribution in [3.63, 3.8) is 0 Å². The van der Waals surface area contributed by atoms with Crippen molar-refractivity contribution in [1.29, 1.82) is 0 Å². The molecule has 1 fully saturated rings. The van der Waals surface area contributed by atoms with E-state index in [1.165, 1.54) is 0 Å². The first kappa shape index (κ1) is 17.9. The minimum atomic E-state index is -1.19. The molecule has 0 spiro atoms. The largest absolute Gasteiger partial charge is 0.325 e. The van der Waals surface area contributed by atoms with Gasteiger partial charge in [0.2, 0.25) is 5.91 Å². The fourth-order valence-electron chi connectivity index (χ4n) is 2.82. The number of hydrogen-bond acceptors (Lipinski definition) is 3. The molecule has 2 aromatic carbocycles. The molecule has 7 heteroatoms. The molecule has 0 bridgehead atoms. The number of nitrogens with zero attached hydrogens (tertiary/aromatic N) is 1. The number of benzene rings is 2. The van der Waals surface area contributed by atoms with Gasteiger partial charge in [0.25, 0.3) is 5.91 Å². The van der Waals surface area contributed by atoms with Crippen molar-refractivity contribution in [2.75, 3.05) is 11.9 Å². The zero-order valence-corrected chi connectivity index (χ0v) is 15.1. The van der Waals surface area contributed by atoms with Crippen molar-refractivity contribution < 1.29 is 14.4 Å². The molecule has 6 nitrogen and oxygen atoms in total. The number of imide groups is 1. The first-order valence-corrected chi connectivity index (χ1v) is 8.45. The molecule has 1 unspecified atom stereocenters. The van der Waals surface area contributed by atoms with Crippen LogP contribution < -0.4 is 10.6 Å². The number of carbonyl (C=O) groups excluding carboxylic acids is 3. The Hall–Kier alpha value is -2.86. The molecule has 2 aromatic rings. The smallest absolute Gasteiger partial charge is 0.324 e. The highest BCUT2D eigenvalue weighted by Gasteiger charge is 2.49. The van der Waals surface area contributed by atoms with E-state index >= 15 is 0 Å². The lowest BCUT2D eigenvalue weighted by atomic mass is 9.92. The number of nitrogens with one attached hydrogen (secondary N) is 2. The SMILES string of the molecule is Cc1ccc(NC(=O)CN2C(=O)NC(C)(c3ccccc3)C2=O)cc1Cl. The zero-order chi connectivity index (χ0) is 18.9. The Kier molecular flexibility index (Phi) is 4.70. The Balaban J connectivity index is 1.73. The number of aryl methyl sites for hydroxylation is 1. The average Bonchev–Trinajstić information content (AvgIpc) is 2.83.